The summed E-state index contributed by atoms with van der Waals surface area (Å²) in [5.41, 5.74) is -1.13. The maximum Gasteiger partial charge on any atom is 0.322 e. The van der Waals surface area contributed by atoms with E-state index in [9.17, 15) is 18.4 Å². The molecule has 3 amide bonds. The van der Waals surface area contributed by atoms with Gasteiger partial charge in [0.2, 0.25) is 0 Å². The summed E-state index contributed by atoms with van der Waals surface area (Å²) in [7, 11) is 0. The molecule has 1 aliphatic carbocycles. The predicted octanol–water partition coefficient (Wildman–Crippen LogP) is 3.13. The van der Waals surface area contributed by atoms with Crippen molar-refractivity contribution in [3.05, 3.63) is 35.4 Å². The van der Waals surface area contributed by atoms with Crippen molar-refractivity contribution in [1.29, 1.82) is 0 Å². The number of halogens is 2. The van der Waals surface area contributed by atoms with Gasteiger partial charge in [-0.2, -0.15) is 0 Å². The zero-order valence-corrected chi connectivity index (χ0v) is 11.8. The number of rotatable bonds is 2. The van der Waals surface area contributed by atoms with Crippen molar-refractivity contribution < 1.29 is 18.4 Å². The average molecular weight is 296 g/mol. The van der Waals surface area contributed by atoms with Crippen molar-refractivity contribution in [2.24, 2.45) is 0 Å². The Kier molecular flexibility index (Phi) is 4.55. The van der Waals surface area contributed by atoms with Crippen molar-refractivity contribution >= 4 is 11.9 Å². The fourth-order valence-corrected chi connectivity index (χ4v) is 2.64. The Balaban J connectivity index is 2.01. The Hall–Kier alpha value is -1.98. The summed E-state index contributed by atoms with van der Waals surface area (Å²) < 4.78 is 26.9. The van der Waals surface area contributed by atoms with E-state index in [1.54, 1.807) is 0 Å². The van der Waals surface area contributed by atoms with Gasteiger partial charge in [-0.25, -0.2) is 13.6 Å². The Morgan fingerprint density at radius 2 is 1.67 bits per heavy atom. The summed E-state index contributed by atoms with van der Waals surface area (Å²) in [5, 5.41) is 4.70. The number of hydrogen-bond acceptors (Lipinski definition) is 2. The monoisotopic (exact) mass is 296 g/mol. The van der Waals surface area contributed by atoms with Gasteiger partial charge in [0.15, 0.2) is 0 Å². The molecule has 0 aromatic heterocycles. The first kappa shape index (κ1) is 15.4. The van der Waals surface area contributed by atoms with E-state index in [1.807, 2.05) is 12.2 Å². The molecule has 1 aromatic carbocycles. The largest absolute Gasteiger partial charge is 0.333 e. The van der Waals surface area contributed by atoms with Crippen LogP contribution < -0.4 is 10.6 Å². The number of imide groups is 1. The van der Waals surface area contributed by atoms with E-state index in [1.165, 1.54) is 0 Å². The van der Waals surface area contributed by atoms with Gasteiger partial charge < -0.3 is 5.32 Å². The quantitative estimate of drug-likeness (QED) is 0.881. The maximum absolute atomic E-state index is 13.5. The molecule has 1 fully saturated rings. The molecule has 0 saturated heterocycles. The SMILES string of the molecule is CC1(NC(=O)NC(=O)c2c(F)cccc2F)CCCCC1. The molecular weight excluding hydrogens is 278 g/mol. The van der Waals surface area contributed by atoms with Crippen LogP contribution in [0.2, 0.25) is 0 Å². The molecule has 0 spiro atoms. The molecule has 2 N–H and O–H groups in total. The second-order valence-electron chi connectivity index (χ2n) is 5.63. The van der Waals surface area contributed by atoms with E-state index in [0.717, 1.165) is 50.3 Å². The zero-order valence-electron chi connectivity index (χ0n) is 11.8. The summed E-state index contributed by atoms with van der Waals surface area (Å²) in [6, 6.07) is 2.37. The number of carbonyl (C=O) groups excluding carboxylic acids is 2. The minimum Gasteiger partial charge on any atom is -0.333 e. The van der Waals surface area contributed by atoms with Crippen LogP contribution in [0.3, 0.4) is 0 Å². The molecule has 114 valence electrons. The third-order valence-electron chi connectivity index (χ3n) is 3.79. The molecule has 1 aliphatic rings. The molecule has 0 heterocycles. The highest BCUT2D eigenvalue weighted by molar-refractivity contribution is 6.04. The summed E-state index contributed by atoms with van der Waals surface area (Å²) >= 11 is 0. The fraction of sp³-hybridized carbons (Fsp3) is 0.467. The Morgan fingerprint density at radius 1 is 1.10 bits per heavy atom. The fourth-order valence-electron chi connectivity index (χ4n) is 2.64. The summed E-state index contributed by atoms with van der Waals surface area (Å²) in [6.45, 7) is 1.90. The summed E-state index contributed by atoms with van der Waals surface area (Å²) in [6.07, 6.45) is 4.78. The normalized spacial score (nSPS) is 17.1. The van der Waals surface area contributed by atoms with E-state index in [-0.39, 0.29) is 5.54 Å². The minimum atomic E-state index is -1.08. The lowest BCUT2D eigenvalue weighted by atomic mass is 9.83. The molecule has 0 unspecified atom stereocenters. The van der Waals surface area contributed by atoms with E-state index < -0.39 is 29.1 Å². The van der Waals surface area contributed by atoms with Gasteiger partial charge in [0.25, 0.3) is 5.91 Å². The van der Waals surface area contributed by atoms with Crippen molar-refractivity contribution in [1.82, 2.24) is 10.6 Å². The van der Waals surface area contributed by atoms with E-state index >= 15 is 0 Å². The van der Waals surface area contributed by atoms with Crippen LogP contribution in [0, 0.1) is 11.6 Å². The van der Waals surface area contributed by atoms with Gasteiger partial charge in [-0.1, -0.05) is 25.3 Å². The topological polar surface area (TPSA) is 58.2 Å². The summed E-state index contributed by atoms with van der Waals surface area (Å²) in [4.78, 5) is 23.6. The first-order chi connectivity index (χ1) is 9.91. The van der Waals surface area contributed by atoms with E-state index in [2.05, 4.69) is 5.32 Å². The highest BCUT2D eigenvalue weighted by Crippen LogP contribution is 2.27. The zero-order chi connectivity index (χ0) is 15.5. The lowest BCUT2D eigenvalue weighted by molar-refractivity contribution is 0.0952. The second-order valence-corrected chi connectivity index (χ2v) is 5.63. The van der Waals surface area contributed by atoms with Gasteiger partial charge >= 0.3 is 6.03 Å². The number of nitrogens with one attached hydrogen (secondary N) is 2. The third kappa shape index (κ3) is 3.77. The molecule has 21 heavy (non-hydrogen) atoms. The van der Waals surface area contributed by atoms with Crippen LogP contribution in [-0.4, -0.2) is 17.5 Å². The second kappa shape index (κ2) is 6.20. The molecule has 1 saturated carbocycles. The van der Waals surface area contributed by atoms with E-state index in [0.29, 0.717) is 0 Å². The standard InChI is InChI=1S/C15H18F2N2O2/c1-15(8-3-2-4-9-15)19-14(21)18-13(20)12-10(16)6-5-7-11(12)17/h5-7H,2-4,8-9H2,1H3,(H2,18,19,20,21). The Bertz CT molecular complexity index is 534. The van der Waals surface area contributed by atoms with Crippen molar-refractivity contribution in [3.8, 4) is 0 Å². The van der Waals surface area contributed by atoms with Crippen LogP contribution in [0.1, 0.15) is 49.4 Å². The smallest absolute Gasteiger partial charge is 0.322 e. The number of amides is 3. The van der Waals surface area contributed by atoms with Crippen molar-refractivity contribution in [2.45, 2.75) is 44.6 Å². The van der Waals surface area contributed by atoms with Crippen LogP contribution >= 0.6 is 0 Å². The van der Waals surface area contributed by atoms with Gasteiger partial charge in [0.1, 0.15) is 17.2 Å². The first-order valence-electron chi connectivity index (χ1n) is 6.99. The van der Waals surface area contributed by atoms with Gasteiger partial charge in [-0.3, -0.25) is 10.1 Å². The predicted molar refractivity (Wildman–Crippen MR) is 73.8 cm³/mol. The molecule has 2 rings (SSSR count). The molecule has 0 aliphatic heterocycles. The summed E-state index contributed by atoms with van der Waals surface area (Å²) in [5.74, 6) is -3.07. The van der Waals surface area contributed by atoms with Crippen LogP contribution in [-0.2, 0) is 0 Å². The molecule has 6 heteroatoms. The van der Waals surface area contributed by atoms with Gasteiger partial charge in [0.05, 0.1) is 0 Å². The van der Waals surface area contributed by atoms with Gasteiger partial charge in [0, 0.05) is 5.54 Å². The van der Waals surface area contributed by atoms with E-state index in [4.69, 9.17) is 0 Å². The van der Waals surface area contributed by atoms with Crippen LogP contribution in [0.15, 0.2) is 18.2 Å². The first-order valence-corrected chi connectivity index (χ1v) is 6.99. The van der Waals surface area contributed by atoms with Gasteiger partial charge in [-0.15, -0.1) is 0 Å². The molecule has 0 bridgehead atoms. The highest BCUT2D eigenvalue weighted by Gasteiger charge is 2.29. The molecule has 0 atom stereocenters. The lowest BCUT2D eigenvalue weighted by Crippen LogP contribution is -2.52. The van der Waals surface area contributed by atoms with Crippen LogP contribution in [0.5, 0.6) is 0 Å². The van der Waals surface area contributed by atoms with Crippen LogP contribution in [0.25, 0.3) is 0 Å². The maximum atomic E-state index is 13.5. The van der Waals surface area contributed by atoms with Crippen molar-refractivity contribution in [2.75, 3.05) is 0 Å². The number of carbonyl (C=O) groups is 2. The Morgan fingerprint density at radius 3 is 2.24 bits per heavy atom. The molecule has 0 radical (unpaired) electrons. The van der Waals surface area contributed by atoms with Crippen molar-refractivity contribution in [3.63, 3.8) is 0 Å². The van der Waals surface area contributed by atoms with Crippen LogP contribution in [0.4, 0.5) is 13.6 Å². The lowest BCUT2D eigenvalue weighted by Gasteiger charge is -2.34. The number of hydrogen-bond donors (Lipinski definition) is 2. The number of urea groups is 1. The number of benzene rings is 1. The molecule has 4 nitrogen and oxygen atoms in total. The molecule has 1 aromatic rings. The van der Waals surface area contributed by atoms with Gasteiger partial charge in [-0.05, 0) is 31.9 Å². The Labute approximate surface area is 121 Å². The average Bonchev–Trinajstić information content (AvgIpc) is 2.38. The third-order valence-corrected chi connectivity index (χ3v) is 3.79. The minimum absolute atomic E-state index is 0.379. The highest BCUT2D eigenvalue weighted by atomic mass is 19.1. The molecular formula is C15H18F2N2O2.